The molecule has 6 nitrogen and oxygen atoms in total. The number of carbonyl (C=O) groups is 3. The number of hydroxylamine groups is 1. The molecule has 0 aromatic carbocycles. The van der Waals surface area contributed by atoms with E-state index in [1.807, 2.05) is 0 Å². The zero-order valence-electron chi connectivity index (χ0n) is 17.2. The number of ether oxygens (including phenoxy) is 1. The standard InChI is InChI=1S/C23H31NO5/c1-14(22-9-15-6-16(10-22)8-17(7-15)11-22)12-28-19(25)13-29-24-21(27)23-4-2-18(3-5-23)20(23)26/h2,4,14-18H,3,5-13H2,1H3,(H,24,27). The summed E-state index contributed by atoms with van der Waals surface area (Å²) in [5.74, 6) is 1.82. The van der Waals surface area contributed by atoms with Gasteiger partial charge < -0.3 is 4.74 Å². The highest BCUT2D eigenvalue weighted by molar-refractivity contribution is 6.12. The monoisotopic (exact) mass is 401 g/mol. The van der Waals surface area contributed by atoms with Crippen LogP contribution in [0.3, 0.4) is 0 Å². The van der Waals surface area contributed by atoms with Crippen LogP contribution in [0.2, 0.25) is 0 Å². The molecule has 0 spiro atoms. The normalized spacial score (nSPS) is 42.3. The molecule has 0 aromatic heterocycles. The second kappa shape index (κ2) is 6.93. The van der Waals surface area contributed by atoms with Crippen LogP contribution in [0, 0.1) is 40.4 Å². The van der Waals surface area contributed by atoms with Gasteiger partial charge in [0.2, 0.25) is 0 Å². The fraction of sp³-hybridized carbons (Fsp3) is 0.783. The number of ketones is 1. The van der Waals surface area contributed by atoms with E-state index in [9.17, 15) is 14.4 Å². The molecule has 0 aromatic rings. The van der Waals surface area contributed by atoms with Gasteiger partial charge in [0.15, 0.2) is 12.4 Å². The van der Waals surface area contributed by atoms with Crippen LogP contribution in [0.5, 0.6) is 0 Å². The molecule has 3 unspecified atom stereocenters. The average Bonchev–Trinajstić information content (AvgIpc) is 3.18. The molecule has 1 N–H and O–H groups in total. The minimum atomic E-state index is -1.10. The highest BCUT2D eigenvalue weighted by Crippen LogP contribution is 2.62. The van der Waals surface area contributed by atoms with Crippen LogP contribution in [-0.4, -0.2) is 30.9 Å². The number of fused-ring (bicyclic) bond motifs is 2. The summed E-state index contributed by atoms with van der Waals surface area (Å²) in [7, 11) is 0. The molecule has 6 heteroatoms. The fourth-order valence-corrected chi connectivity index (χ4v) is 7.37. The molecule has 6 rings (SSSR count). The largest absolute Gasteiger partial charge is 0.464 e. The van der Waals surface area contributed by atoms with Crippen molar-refractivity contribution in [1.29, 1.82) is 0 Å². The number of esters is 1. The second-order valence-corrected chi connectivity index (χ2v) is 10.4. The van der Waals surface area contributed by atoms with Crippen molar-refractivity contribution >= 4 is 17.7 Å². The lowest BCUT2D eigenvalue weighted by Crippen LogP contribution is -2.50. The third kappa shape index (κ3) is 3.15. The van der Waals surface area contributed by atoms with Crippen LogP contribution in [0.25, 0.3) is 0 Å². The van der Waals surface area contributed by atoms with Crippen LogP contribution in [0.1, 0.15) is 58.3 Å². The summed E-state index contributed by atoms with van der Waals surface area (Å²) < 4.78 is 5.49. The first-order valence-electron chi connectivity index (χ1n) is 11.2. The summed E-state index contributed by atoms with van der Waals surface area (Å²) in [6.45, 7) is 2.29. The quantitative estimate of drug-likeness (QED) is 0.307. The highest BCUT2D eigenvalue weighted by atomic mass is 16.7. The molecule has 5 saturated carbocycles. The highest BCUT2D eigenvalue weighted by Gasteiger charge is 2.55. The zero-order chi connectivity index (χ0) is 20.2. The van der Waals surface area contributed by atoms with Crippen molar-refractivity contribution in [2.75, 3.05) is 13.2 Å². The van der Waals surface area contributed by atoms with E-state index in [1.165, 1.54) is 38.5 Å². The summed E-state index contributed by atoms with van der Waals surface area (Å²) in [5, 5.41) is 0. The molecule has 29 heavy (non-hydrogen) atoms. The van der Waals surface area contributed by atoms with Gasteiger partial charge in [-0.05, 0) is 80.5 Å². The Morgan fingerprint density at radius 3 is 2.34 bits per heavy atom. The van der Waals surface area contributed by atoms with E-state index in [1.54, 1.807) is 12.2 Å². The van der Waals surface area contributed by atoms with E-state index in [0.29, 0.717) is 30.8 Å². The number of rotatable bonds is 7. The van der Waals surface area contributed by atoms with E-state index < -0.39 is 17.3 Å². The number of Topliss-reactive ketones (excluding diaryl/α,β-unsaturated/α-hetero) is 1. The zero-order valence-corrected chi connectivity index (χ0v) is 17.2. The smallest absolute Gasteiger partial charge is 0.334 e. The molecule has 0 radical (unpaired) electrons. The van der Waals surface area contributed by atoms with Gasteiger partial charge in [-0.1, -0.05) is 19.1 Å². The molecular formula is C23H31NO5. The molecule has 0 heterocycles. The fourth-order valence-electron chi connectivity index (χ4n) is 7.37. The number of amides is 1. The summed E-state index contributed by atoms with van der Waals surface area (Å²) in [6.07, 6.45) is 12.7. The van der Waals surface area contributed by atoms with Crippen LogP contribution < -0.4 is 5.48 Å². The SMILES string of the molecule is CC(COC(=O)CONC(=O)C12C=CC(CC1)C2=O)C12CC3CC(CC(C3)C1)C2. The lowest BCUT2D eigenvalue weighted by molar-refractivity contribution is -0.161. The third-order valence-corrected chi connectivity index (χ3v) is 8.62. The maximum absolute atomic E-state index is 12.4. The summed E-state index contributed by atoms with van der Waals surface area (Å²) in [6, 6.07) is 0. The molecule has 0 saturated heterocycles. The third-order valence-electron chi connectivity index (χ3n) is 8.62. The van der Waals surface area contributed by atoms with Gasteiger partial charge in [0.25, 0.3) is 5.91 Å². The summed E-state index contributed by atoms with van der Waals surface area (Å²) in [4.78, 5) is 41.8. The maximum Gasteiger partial charge on any atom is 0.334 e. The van der Waals surface area contributed by atoms with Crippen LogP contribution in [0.4, 0.5) is 0 Å². The first kappa shape index (κ1) is 19.3. The Hall–Kier alpha value is -1.69. The van der Waals surface area contributed by atoms with Gasteiger partial charge in [0, 0.05) is 5.92 Å². The van der Waals surface area contributed by atoms with E-state index in [0.717, 1.165) is 17.8 Å². The van der Waals surface area contributed by atoms with Crippen LogP contribution >= 0.6 is 0 Å². The topological polar surface area (TPSA) is 81.7 Å². The van der Waals surface area contributed by atoms with E-state index in [4.69, 9.17) is 9.57 Å². The molecule has 158 valence electrons. The number of carbonyl (C=O) groups excluding carboxylic acids is 3. The number of nitrogens with one attached hydrogen (secondary N) is 1. The molecule has 6 aliphatic rings. The Morgan fingerprint density at radius 1 is 1.17 bits per heavy atom. The van der Waals surface area contributed by atoms with Crippen LogP contribution in [0.15, 0.2) is 12.2 Å². The van der Waals surface area contributed by atoms with Crippen LogP contribution in [-0.2, 0) is 24.0 Å². The van der Waals surface area contributed by atoms with E-state index >= 15 is 0 Å². The Bertz CT molecular complexity index is 723. The van der Waals surface area contributed by atoms with Gasteiger partial charge in [-0.15, -0.1) is 0 Å². The first-order chi connectivity index (χ1) is 13.9. The van der Waals surface area contributed by atoms with E-state index in [2.05, 4.69) is 12.4 Å². The molecular weight excluding hydrogens is 370 g/mol. The maximum atomic E-state index is 12.4. The predicted molar refractivity (Wildman–Crippen MR) is 104 cm³/mol. The molecule has 6 aliphatic carbocycles. The molecule has 3 atom stereocenters. The number of hydrogen-bond donors (Lipinski definition) is 1. The van der Waals surface area contributed by atoms with Crippen molar-refractivity contribution in [1.82, 2.24) is 5.48 Å². The van der Waals surface area contributed by atoms with Crippen molar-refractivity contribution < 1.29 is 24.0 Å². The van der Waals surface area contributed by atoms with Crippen molar-refractivity contribution in [3.05, 3.63) is 12.2 Å². The minimum absolute atomic E-state index is 0.0643. The Kier molecular flexibility index (Phi) is 4.61. The van der Waals surface area contributed by atoms with Gasteiger partial charge in [-0.25, -0.2) is 10.3 Å². The summed E-state index contributed by atoms with van der Waals surface area (Å²) >= 11 is 0. The predicted octanol–water partition coefficient (Wildman–Crippen LogP) is 2.97. The molecule has 5 fully saturated rings. The molecule has 1 amide bonds. The van der Waals surface area contributed by atoms with Crippen molar-refractivity contribution in [3.63, 3.8) is 0 Å². The summed E-state index contributed by atoms with van der Waals surface area (Å²) in [5.41, 5.74) is 1.54. The van der Waals surface area contributed by atoms with Gasteiger partial charge >= 0.3 is 5.97 Å². The van der Waals surface area contributed by atoms with Gasteiger partial charge in [-0.3, -0.25) is 14.4 Å². The minimum Gasteiger partial charge on any atom is -0.464 e. The van der Waals surface area contributed by atoms with Gasteiger partial charge in [-0.2, -0.15) is 0 Å². The second-order valence-electron chi connectivity index (χ2n) is 10.4. The van der Waals surface area contributed by atoms with Gasteiger partial charge in [0.1, 0.15) is 5.41 Å². The molecule has 0 aliphatic heterocycles. The average molecular weight is 402 g/mol. The van der Waals surface area contributed by atoms with Crippen molar-refractivity contribution in [3.8, 4) is 0 Å². The Morgan fingerprint density at radius 2 is 1.83 bits per heavy atom. The lowest BCUT2D eigenvalue weighted by atomic mass is 9.47. The lowest BCUT2D eigenvalue weighted by Gasteiger charge is -2.59. The van der Waals surface area contributed by atoms with E-state index in [-0.39, 0.29) is 18.3 Å². The van der Waals surface area contributed by atoms with Crippen molar-refractivity contribution in [2.45, 2.75) is 58.3 Å². The molecule has 6 bridgehead atoms. The first-order valence-corrected chi connectivity index (χ1v) is 11.2. The van der Waals surface area contributed by atoms with Gasteiger partial charge in [0.05, 0.1) is 6.61 Å². The Labute approximate surface area is 171 Å². The number of allylic oxidation sites excluding steroid dienone is 1. The van der Waals surface area contributed by atoms with Crippen molar-refractivity contribution in [2.24, 2.45) is 40.4 Å². The number of hydrogen-bond acceptors (Lipinski definition) is 5. The Balaban J connectivity index is 1.07.